The zero-order valence-electron chi connectivity index (χ0n) is 15.9. The van der Waals surface area contributed by atoms with Crippen LogP contribution >= 0.6 is 11.6 Å². The van der Waals surface area contributed by atoms with Crippen molar-refractivity contribution >= 4 is 11.6 Å². The highest BCUT2D eigenvalue weighted by atomic mass is 35.5. The van der Waals surface area contributed by atoms with Gasteiger partial charge in [-0.3, -0.25) is 4.90 Å². The molecule has 2 aromatic carbocycles. The van der Waals surface area contributed by atoms with Crippen LogP contribution < -0.4 is 0 Å². The molecule has 0 atom stereocenters. The number of nitrogens with one attached hydrogen (secondary N) is 1. The van der Waals surface area contributed by atoms with Crippen LogP contribution in [0.2, 0.25) is 5.02 Å². The molecule has 1 aliphatic rings. The van der Waals surface area contributed by atoms with Crippen LogP contribution in [0.3, 0.4) is 0 Å². The molecular formula is C21H25ClN6. The second-order valence-corrected chi connectivity index (χ2v) is 7.67. The van der Waals surface area contributed by atoms with E-state index in [1.807, 2.05) is 12.1 Å². The molecule has 1 N–H and O–H groups in total. The third-order valence-electron chi connectivity index (χ3n) is 5.31. The molecule has 0 saturated carbocycles. The molecule has 3 aromatic rings. The largest absolute Gasteiger partial charge is 0.301 e. The summed E-state index contributed by atoms with van der Waals surface area (Å²) in [5, 5.41) is 14.8. The molecule has 28 heavy (non-hydrogen) atoms. The van der Waals surface area contributed by atoms with E-state index in [9.17, 15) is 0 Å². The van der Waals surface area contributed by atoms with E-state index in [0.717, 1.165) is 63.0 Å². The highest BCUT2D eigenvalue weighted by molar-refractivity contribution is 6.30. The molecule has 0 bridgehead atoms. The first-order valence-electron chi connectivity index (χ1n) is 9.79. The summed E-state index contributed by atoms with van der Waals surface area (Å²) in [5.74, 6) is 0.873. The fourth-order valence-corrected chi connectivity index (χ4v) is 3.86. The molecule has 146 valence electrons. The van der Waals surface area contributed by atoms with Crippen LogP contribution in [0.15, 0.2) is 48.5 Å². The topological polar surface area (TPSA) is 60.9 Å². The second-order valence-electron chi connectivity index (χ2n) is 7.23. The predicted octanol–water partition coefficient (Wildman–Crippen LogP) is 3.27. The van der Waals surface area contributed by atoms with Crippen molar-refractivity contribution in [3.8, 4) is 11.1 Å². The van der Waals surface area contributed by atoms with Gasteiger partial charge in [0.25, 0.3) is 0 Å². The van der Waals surface area contributed by atoms with Crippen LogP contribution in [-0.2, 0) is 13.0 Å². The van der Waals surface area contributed by atoms with E-state index in [1.165, 1.54) is 16.7 Å². The Balaban J connectivity index is 1.30. The fourth-order valence-electron chi connectivity index (χ4n) is 3.74. The van der Waals surface area contributed by atoms with Crippen molar-refractivity contribution in [3.63, 3.8) is 0 Å². The molecule has 2 heterocycles. The summed E-state index contributed by atoms with van der Waals surface area (Å²) in [6.07, 6.45) is 1.98. The first kappa shape index (κ1) is 19.1. The SMILES string of the molecule is Clc1ccc(-c2ccccc2CN2CCN(CCCc3nnn[nH]3)CC2)cc1. The smallest absolute Gasteiger partial charge is 0.148 e. The molecule has 1 aromatic heterocycles. The summed E-state index contributed by atoms with van der Waals surface area (Å²) in [4.78, 5) is 5.08. The number of piperazine rings is 1. The zero-order chi connectivity index (χ0) is 19.2. The maximum absolute atomic E-state index is 6.05. The Morgan fingerprint density at radius 2 is 1.68 bits per heavy atom. The molecule has 4 rings (SSSR count). The third kappa shape index (κ3) is 4.95. The number of aryl methyl sites for hydroxylation is 1. The Bertz CT molecular complexity index is 857. The molecular weight excluding hydrogens is 372 g/mol. The molecule has 0 aliphatic carbocycles. The van der Waals surface area contributed by atoms with Gasteiger partial charge in [0, 0.05) is 44.2 Å². The van der Waals surface area contributed by atoms with Gasteiger partial charge in [-0.05, 0) is 52.2 Å². The van der Waals surface area contributed by atoms with Crippen LogP contribution in [0.1, 0.15) is 17.8 Å². The lowest BCUT2D eigenvalue weighted by molar-refractivity contribution is 0.126. The highest BCUT2D eigenvalue weighted by Gasteiger charge is 2.18. The Hall–Kier alpha value is -2.28. The molecule has 1 fully saturated rings. The lowest BCUT2D eigenvalue weighted by Crippen LogP contribution is -2.46. The summed E-state index contributed by atoms with van der Waals surface area (Å²) in [5.41, 5.74) is 3.89. The van der Waals surface area contributed by atoms with Gasteiger partial charge in [0.2, 0.25) is 0 Å². The lowest BCUT2D eigenvalue weighted by Gasteiger charge is -2.35. The monoisotopic (exact) mass is 396 g/mol. The summed E-state index contributed by atoms with van der Waals surface area (Å²) in [7, 11) is 0. The van der Waals surface area contributed by atoms with E-state index in [4.69, 9.17) is 11.6 Å². The van der Waals surface area contributed by atoms with Crippen molar-refractivity contribution in [2.75, 3.05) is 32.7 Å². The minimum atomic E-state index is 0.775. The maximum Gasteiger partial charge on any atom is 0.148 e. The van der Waals surface area contributed by atoms with Gasteiger partial charge in [-0.2, -0.15) is 0 Å². The minimum absolute atomic E-state index is 0.775. The zero-order valence-corrected chi connectivity index (χ0v) is 16.6. The van der Waals surface area contributed by atoms with Gasteiger partial charge in [-0.25, -0.2) is 5.10 Å². The van der Waals surface area contributed by atoms with Gasteiger partial charge in [0.05, 0.1) is 0 Å². The molecule has 1 aliphatic heterocycles. The van der Waals surface area contributed by atoms with E-state index < -0.39 is 0 Å². The van der Waals surface area contributed by atoms with Gasteiger partial charge in [0.1, 0.15) is 5.82 Å². The Morgan fingerprint density at radius 1 is 0.929 bits per heavy atom. The van der Waals surface area contributed by atoms with E-state index >= 15 is 0 Å². The minimum Gasteiger partial charge on any atom is -0.301 e. The van der Waals surface area contributed by atoms with E-state index in [1.54, 1.807) is 0 Å². The molecule has 0 spiro atoms. The van der Waals surface area contributed by atoms with E-state index in [0.29, 0.717) is 0 Å². The molecule has 6 nitrogen and oxygen atoms in total. The van der Waals surface area contributed by atoms with Crippen molar-refractivity contribution in [1.29, 1.82) is 0 Å². The number of hydrogen-bond donors (Lipinski definition) is 1. The van der Waals surface area contributed by atoms with Gasteiger partial charge in [-0.1, -0.05) is 48.0 Å². The fraction of sp³-hybridized carbons (Fsp3) is 0.381. The lowest BCUT2D eigenvalue weighted by atomic mass is 9.99. The van der Waals surface area contributed by atoms with Gasteiger partial charge in [0.15, 0.2) is 0 Å². The van der Waals surface area contributed by atoms with Gasteiger partial charge >= 0.3 is 0 Å². The quantitative estimate of drug-likeness (QED) is 0.664. The number of benzene rings is 2. The van der Waals surface area contributed by atoms with Gasteiger partial charge in [-0.15, -0.1) is 5.10 Å². The van der Waals surface area contributed by atoms with Crippen LogP contribution in [0.25, 0.3) is 11.1 Å². The summed E-state index contributed by atoms with van der Waals surface area (Å²) >= 11 is 6.05. The number of rotatable bonds is 7. The average Bonchev–Trinajstić information content (AvgIpc) is 3.24. The number of H-pyrrole nitrogens is 1. The Morgan fingerprint density at radius 3 is 2.43 bits per heavy atom. The molecule has 1 saturated heterocycles. The van der Waals surface area contributed by atoms with Crippen LogP contribution in [0.5, 0.6) is 0 Å². The number of tetrazole rings is 1. The average molecular weight is 397 g/mol. The van der Waals surface area contributed by atoms with Crippen LogP contribution in [0, 0.1) is 0 Å². The number of nitrogens with zero attached hydrogens (tertiary/aromatic N) is 5. The second kappa shape index (κ2) is 9.28. The van der Waals surface area contributed by atoms with Crippen molar-refractivity contribution < 1.29 is 0 Å². The van der Waals surface area contributed by atoms with E-state index in [2.05, 4.69) is 66.8 Å². The third-order valence-corrected chi connectivity index (χ3v) is 5.56. The summed E-state index contributed by atoms with van der Waals surface area (Å²) < 4.78 is 0. The van der Waals surface area contributed by atoms with E-state index in [-0.39, 0.29) is 0 Å². The normalized spacial score (nSPS) is 15.8. The van der Waals surface area contributed by atoms with Crippen molar-refractivity contribution in [1.82, 2.24) is 30.4 Å². The standard InChI is InChI=1S/C21H25ClN6/c22-19-9-7-17(8-10-19)20-5-2-1-4-18(20)16-28-14-12-27(13-15-28)11-3-6-21-23-25-26-24-21/h1-2,4-5,7-10H,3,6,11-16H2,(H,23,24,25,26). The Kier molecular flexibility index (Phi) is 6.31. The number of aromatic amines is 1. The Labute approximate surface area is 170 Å². The molecule has 0 amide bonds. The van der Waals surface area contributed by atoms with Crippen molar-refractivity contribution in [3.05, 3.63) is 64.9 Å². The van der Waals surface area contributed by atoms with Gasteiger partial charge < -0.3 is 4.90 Å². The first-order chi connectivity index (χ1) is 13.8. The van der Waals surface area contributed by atoms with Crippen LogP contribution in [0.4, 0.5) is 0 Å². The van der Waals surface area contributed by atoms with Crippen molar-refractivity contribution in [2.24, 2.45) is 0 Å². The maximum atomic E-state index is 6.05. The number of halogens is 1. The summed E-state index contributed by atoms with van der Waals surface area (Å²) in [6.45, 7) is 6.49. The first-order valence-corrected chi connectivity index (χ1v) is 10.2. The van der Waals surface area contributed by atoms with Crippen LogP contribution in [-0.4, -0.2) is 63.1 Å². The number of hydrogen-bond acceptors (Lipinski definition) is 5. The molecule has 0 radical (unpaired) electrons. The van der Waals surface area contributed by atoms with Crippen molar-refractivity contribution in [2.45, 2.75) is 19.4 Å². The molecule has 0 unspecified atom stereocenters. The highest BCUT2D eigenvalue weighted by Crippen LogP contribution is 2.26. The summed E-state index contributed by atoms with van der Waals surface area (Å²) in [6, 6.07) is 16.8. The molecule has 7 heteroatoms. The number of aromatic nitrogens is 4. The predicted molar refractivity (Wildman–Crippen MR) is 111 cm³/mol.